The molecule has 1 aromatic carbocycles. The predicted octanol–water partition coefficient (Wildman–Crippen LogP) is 4.05. The Hall–Kier alpha value is -1.18. The van der Waals surface area contributed by atoms with Gasteiger partial charge < -0.3 is 9.47 Å². The van der Waals surface area contributed by atoms with Crippen molar-refractivity contribution in [3.63, 3.8) is 0 Å². The number of carbonyl (C=O) groups is 1. The topological polar surface area (TPSA) is 38.8 Å². The Balaban J connectivity index is 2.17. The number of hydrogen-bond donors (Lipinski definition) is 0. The lowest BCUT2D eigenvalue weighted by Gasteiger charge is -2.13. The van der Waals surface area contributed by atoms with E-state index < -0.39 is 0 Å². The molecule has 2 rings (SSSR count). The maximum atomic E-state index is 12.5. The van der Waals surface area contributed by atoms with E-state index in [2.05, 4.69) is 6.26 Å². The summed E-state index contributed by atoms with van der Waals surface area (Å²) >= 11 is 8.47. The molecule has 1 saturated heterocycles. The largest absolute Gasteiger partial charge is 0.493 e. The van der Waals surface area contributed by atoms with Crippen LogP contribution >= 0.6 is 35.7 Å². The van der Waals surface area contributed by atoms with Crippen molar-refractivity contribution in [2.24, 2.45) is 0 Å². The number of carbonyl (C=O) groups excluding carboxylic acids is 1. The van der Waals surface area contributed by atoms with Crippen molar-refractivity contribution < 1.29 is 14.3 Å². The van der Waals surface area contributed by atoms with Gasteiger partial charge in [0, 0.05) is 6.54 Å². The normalized spacial score (nSPS) is 16.1. The minimum absolute atomic E-state index is 0.0140. The lowest BCUT2D eigenvalue weighted by molar-refractivity contribution is -0.122. The molecule has 1 aliphatic heterocycles. The second-order valence-corrected chi connectivity index (χ2v) is 7.68. The van der Waals surface area contributed by atoms with E-state index in [-0.39, 0.29) is 5.91 Å². The molecule has 7 heteroatoms. The van der Waals surface area contributed by atoms with Crippen molar-refractivity contribution in [3.8, 4) is 11.5 Å². The first-order valence-electron chi connectivity index (χ1n) is 7.65. The van der Waals surface area contributed by atoms with Gasteiger partial charge in [-0.15, -0.1) is 0 Å². The monoisotopic (exact) mass is 383 g/mol. The average Bonchev–Trinajstić information content (AvgIpc) is 2.83. The van der Waals surface area contributed by atoms with Gasteiger partial charge in [0.2, 0.25) is 0 Å². The van der Waals surface area contributed by atoms with Crippen molar-refractivity contribution in [1.29, 1.82) is 0 Å². The summed E-state index contributed by atoms with van der Waals surface area (Å²) in [6, 6.07) is 5.63. The van der Waals surface area contributed by atoms with Crippen LogP contribution in [-0.4, -0.2) is 47.4 Å². The third-order valence-corrected chi connectivity index (χ3v) is 5.46. The number of amides is 1. The van der Waals surface area contributed by atoms with Gasteiger partial charge in [-0.1, -0.05) is 30.0 Å². The number of ether oxygens (including phenoxy) is 2. The van der Waals surface area contributed by atoms with E-state index in [0.717, 1.165) is 17.7 Å². The summed E-state index contributed by atoms with van der Waals surface area (Å²) in [7, 11) is 1.61. The molecule has 130 valence electrons. The van der Waals surface area contributed by atoms with Crippen molar-refractivity contribution in [2.75, 3.05) is 32.3 Å². The number of hydrogen-bond acceptors (Lipinski definition) is 6. The average molecular weight is 384 g/mol. The highest BCUT2D eigenvalue weighted by atomic mass is 32.2. The molecule has 0 bridgehead atoms. The van der Waals surface area contributed by atoms with E-state index in [1.165, 1.54) is 11.8 Å². The number of methoxy groups -OCH3 is 1. The van der Waals surface area contributed by atoms with Gasteiger partial charge in [-0.3, -0.25) is 9.69 Å². The van der Waals surface area contributed by atoms with Gasteiger partial charge in [-0.05, 0) is 49.1 Å². The minimum Gasteiger partial charge on any atom is -0.493 e. The van der Waals surface area contributed by atoms with Crippen LogP contribution in [0.5, 0.6) is 11.5 Å². The molecule has 0 aliphatic carbocycles. The van der Waals surface area contributed by atoms with E-state index >= 15 is 0 Å². The number of thiocarbonyl (C=S) groups is 1. The standard InChI is InChI=1S/C17H21NO3S3/c1-4-21-14-10-12(6-7-13(14)20-2)11-15-16(19)18(17(22)24-15)8-5-9-23-3/h6-7,10-11H,4-5,8-9H2,1-3H3/b15-11-. The third kappa shape index (κ3) is 4.68. The second kappa shape index (κ2) is 9.34. The fourth-order valence-electron chi connectivity index (χ4n) is 2.26. The SMILES string of the molecule is CCOc1cc(/C=C2\SC(=S)N(CCCSC)C2=O)ccc1OC. The van der Waals surface area contributed by atoms with Gasteiger partial charge in [0.05, 0.1) is 18.6 Å². The Kier molecular flexibility index (Phi) is 7.45. The Morgan fingerprint density at radius 1 is 1.38 bits per heavy atom. The molecule has 0 aromatic heterocycles. The van der Waals surface area contributed by atoms with E-state index in [9.17, 15) is 4.79 Å². The van der Waals surface area contributed by atoms with Gasteiger partial charge in [0.25, 0.3) is 5.91 Å². The summed E-state index contributed by atoms with van der Waals surface area (Å²) in [6.45, 7) is 3.15. The molecule has 0 spiro atoms. The lowest BCUT2D eigenvalue weighted by Crippen LogP contribution is -2.29. The second-order valence-electron chi connectivity index (χ2n) is 5.02. The van der Waals surface area contributed by atoms with E-state index in [4.69, 9.17) is 21.7 Å². The molecule has 24 heavy (non-hydrogen) atoms. The Morgan fingerprint density at radius 2 is 2.17 bits per heavy atom. The molecule has 1 aliphatic rings. The van der Waals surface area contributed by atoms with E-state index in [1.54, 1.807) is 23.8 Å². The molecular formula is C17H21NO3S3. The quantitative estimate of drug-likeness (QED) is 0.383. The van der Waals surface area contributed by atoms with Crippen LogP contribution in [0.4, 0.5) is 0 Å². The Labute approximate surface area is 157 Å². The molecule has 4 nitrogen and oxygen atoms in total. The van der Waals surface area contributed by atoms with E-state index in [0.29, 0.717) is 33.9 Å². The van der Waals surface area contributed by atoms with Crippen LogP contribution in [0.25, 0.3) is 6.08 Å². The number of rotatable bonds is 8. The predicted molar refractivity (Wildman–Crippen MR) is 107 cm³/mol. The maximum absolute atomic E-state index is 12.5. The van der Waals surface area contributed by atoms with Crippen LogP contribution in [0, 0.1) is 0 Å². The number of nitrogens with zero attached hydrogens (tertiary/aromatic N) is 1. The summed E-state index contributed by atoms with van der Waals surface area (Å²) in [6.07, 6.45) is 4.86. The van der Waals surface area contributed by atoms with Crippen LogP contribution in [-0.2, 0) is 4.79 Å². The van der Waals surface area contributed by atoms with Gasteiger partial charge in [-0.25, -0.2) is 0 Å². The molecule has 1 amide bonds. The summed E-state index contributed by atoms with van der Waals surface area (Å²) in [5.74, 6) is 2.36. The zero-order valence-corrected chi connectivity index (χ0v) is 16.5. The van der Waals surface area contributed by atoms with Crippen molar-refractivity contribution in [1.82, 2.24) is 4.90 Å². The summed E-state index contributed by atoms with van der Waals surface area (Å²) in [5, 5.41) is 0. The smallest absolute Gasteiger partial charge is 0.266 e. The maximum Gasteiger partial charge on any atom is 0.266 e. The number of benzene rings is 1. The molecule has 0 unspecified atom stereocenters. The van der Waals surface area contributed by atoms with Gasteiger partial charge >= 0.3 is 0 Å². The fourth-order valence-corrected chi connectivity index (χ4v) is 3.99. The third-order valence-electron chi connectivity index (χ3n) is 3.39. The fraction of sp³-hybridized carbons (Fsp3) is 0.412. The summed E-state index contributed by atoms with van der Waals surface area (Å²) < 4.78 is 11.5. The zero-order valence-electron chi connectivity index (χ0n) is 14.0. The molecule has 1 fully saturated rings. The molecular weight excluding hydrogens is 362 g/mol. The molecule has 1 aromatic rings. The first-order chi connectivity index (χ1) is 11.6. The van der Waals surface area contributed by atoms with Crippen molar-refractivity contribution in [2.45, 2.75) is 13.3 Å². The molecule has 0 N–H and O–H groups in total. The summed E-state index contributed by atoms with van der Waals surface area (Å²) in [4.78, 5) is 14.9. The summed E-state index contributed by atoms with van der Waals surface area (Å²) in [5.41, 5.74) is 0.892. The van der Waals surface area contributed by atoms with Crippen LogP contribution in [0.3, 0.4) is 0 Å². The highest BCUT2D eigenvalue weighted by Crippen LogP contribution is 2.34. The van der Waals surface area contributed by atoms with Gasteiger partial charge in [0.15, 0.2) is 11.5 Å². The Morgan fingerprint density at radius 3 is 2.83 bits per heavy atom. The van der Waals surface area contributed by atoms with Gasteiger partial charge in [0.1, 0.15) is 4.32 Å². The first kappa shape index (κ1) is 19.1. The first-order valence-corrected chi connectivity index (χ1v) is 10.3. The molecule has 1 heterocycles. The molecule has 0 atom stereocenters. The van der Waals surface area contributed by atoms with Crippen LogP contribution in [0.15, 0.2) is 23.1 Å². The minimum atomic E-state index is -0.0140. The molecule has 0 radical (unpaired) electrons. The highest BCUT2D eigenvalue weighted by molar-refractivity contribution is 8.26. The highest BCUT2D eigenvalue weighted by Gasteiger charge is 2.31. The molecule has 0 saturated carbocycles. The number of thioether (sulfide) groups is 2. The van der Waals surface area contributed by atoms with Crippen molar-refractivity contribution in [3.05, 3.63) is 28.7 Å². The lowest BCUT2D eigenvalue weighted by atomic mass is 10.2. The zero-order chi connectivity index (χ0) is 17.5. The van der Waals surface area contributed by atoms with E-state index in [1.807, 2.05) is 31.2 Å². The van der Waals surface area contributed by atoms with Crippen LogP contribution in [0.1, 0.15) is 18.9 Å². The van der Waals surface area contributed by atoms with Crippen LogP contribution in [0.2, 0.25) is 0 Å². The van der Waals surface area contributed by atoms with Crippen LogP contribution < -0.4 is 9.47 Å². The Bertz CT molecular complexity index is 646. The van der Waals surface area contributed by atoms with Gasteiger partial charge in [-0.2, -0.15) is 11.8 Å². The van der Waals surface area contributed by atoms with Crippen molar-refractivity contribution >= 4 is 52.0 Å².